The summed E-state index contributed by atoms with van der Waals surface area (Å²) in [7, 11) is 0. The minimum atomic E-state index is -1.09. The Kier molecular flexibility index (Phi) is 3.64. The number of aromatic nitrogens is 1. The van der Waals surface area contributed by atoms with E-state index in [-0.39, 0.29) is 5.76 Å². The zero-order valence-electron chi connectivity index (χ0n) is 8.28. The maximum absolute atomic E-state index is 10.4. The van der Waals surface area contributed by atoms with Crippen LogP contribution in [0.15, 0.2) is 10.6 Å². The molecule has 0 aliphatic carbocycles. The molecule has 1 aromatic rings. The van der Waals surface area contributed by atoms with E-state index < -0.39 is 5.97 Å². The maximum Gasteiger partial charge on any atom is 0.373 e. The number of nitrogens with one attached hydrogen (secondary N) is 1. The molecule has 5 nitrogen and oxygen atoms in total. The van der Waals surface area contributed by atoms with E-state index in [2.05, 4.69) is 24.1 Å². The summed E-state index contributed by atoms with van der Waals surface area (Å²) >= 11 is 0. The molecule has 0 spiro atoms. The highest BCUT2D eigenvalue weighted by Gasteiger charge is 2.09. The van der Waals surface area contributed by atoms with Gasteiger partial charge in [-0.25, -0.2) is 9.78 Å². The Labute approximate surface area is 82.1 Å². The summed E-state index contributed by atoms with van der Waals surface area (Å²) in [6.07, 6.45) is 1.22. The summed E-state index contributed by atoms with van der Waals surface area (Å²) in [6, 6.07) is 0. The molecular formula is C9H14N2O3. The summed E-state index contributed by atoms with van der Waals surface area (Å²) in [5, 5.41) is 11.7. The minimum absolute atomic E-state index is 0.119. The molecule has 0 saturated heterocycles. The molecule has 0 bridgehead atoms. The first-order valence-electron chi connectivity index (χ1n) is 4.48. The van der Waals surface area contributed by atoms with E-state index in [1.807, 2.05) is 0 Å². The zero-order chi connectivity index (χ0) is 10.6. The van der Waals surface area contributed by atoms with Crippen molar-refractivity contribution >= 4 is 5.97 Å². The van der Waals surface area contributed by atoms with Crippen LogP contribution >= 0.6 is 0 Å². The van der Waals surface area contributed by atoms with Gasteiger partial charge in [0.15, 0.2) is 0 Å². The molecule has 0 radical (unpaired) electrons. The molecule has 0 amide bonds. The fourth-order valence-corrected chi connectivity index (χ4v) is 0.959. The van der Waals surface area contributed by atoms with Crippen molar-refractivity contribution < 1.29 is 14.3 Å². The van der Waals surface area contributed by atoms with Crippen molar-refractivity contribution in [3.63, 3.8) is 0 Å². The number of hydrogen-bond acceptors (Lipinski definition) is 4. The molecular weight excluding hydrogens is 184 g/mol. The van der Waals surface area contributed by atoms with Crippen LogP contribution in [0.25, 0.3) is 0 Å². The Morgan fingerprint density at radius 3 is 2.93 bits per heavy atom. The first-order valence-corrected chi connectivity index (χ1v) is 4.48. The van der Waals surface area contributed by atoms with Crippen molar-refractivity contribution in [2.45, 2.75) is 20.4 Å². The van der Waals surface area contributed by atoms with E-state index in [9.17, 15) is 4.79 Å². The summed E-state index contributed by atoms with van der Waals surface area (Å²) in [4.78, 5) is 14.3. The molecule has 0 aliphatic rings. The van der Waals surface area contributed by atoms with Crippen LogP contribution < -0.4 is 5.32 Å². The summed E-state index contributed by atoms with van der Waals surface area (Å²) in [5.41, 5.74) is 0. The van der Waals surface area contributed by atoms with Crippen LogP contribution in [0.3, 0.4) is 0 Å². The Hall–Kier alpha value is -1.36. The molecule has 1 aromatic heterocycles. The third-order valence-electron chi connectivity index (χ3n) is 1.59. The topological polar surface area (TPSA) is 75.4 Å². The second-order valence-corrected chi connectivity index (χ2v) is 3.45. The lowest BCUT2D eigenvalue weighted by atomic mass is 10.2. The smallest absolute Gasteiger partial charge is 0.373 e. The van der Waals surface area contributed by atoms with Crippen LogP contribution in [0.2, 0.25) is 0 Å². The summed E-state index contributed by atoms with van der Waals surface area (Å²) < 4.78 is 4.95. The van der Waals surface area contributed by atoms with Gasteiger partial charge in [0, 0.05) is 0 Å². The van der Waals surface area contributed by atoms with Crippen LogP contribution in [0.4, 0.5) is 0 Å². The average Bonchev–Trinajstić information content (AvgIpc) is 2.52. The Morgan fingerprint density at radius 1 is 1.71 bits per heavy atom. The third kappa shape index (κ3) is 3.18. The number of carbonyl (C=O) groups is 1. The molecule has 1 heterocycles. The van der Waals surface area contributed by atoms with Gasteiger partial charge in [-0.15, -0.1) is 0 Å². The van der Waals surface area contributed by atoms with E-state index in [1.54, 1.807) is 0 Å². The average molecular weight is 198 g/mol. The molecule has 0 saturated carbocycles. The standard InChI is InChI=1S/C9H14N2O3/c1-6(2)3-10-5-8-11-4-7(14-8)9(12)13/h4,6,10H,3,5H2,1-2H3,(H,12,13). The quantitative estimate of drug-likeness (QED) is 0.741. The van der Waals surface area contributed by atoms with Gasteiger partial charge in [0.25, 0.3) is 0 Å². The predicted molar refractivity (Wildman–Crippen MR) is 50.0 cm³/mol. The van der Waals surface area contributed by atoms with Gasteiger partial charge in [-0.1, -0.05) is 13.8 Å². The molecule has 0 aliphatic heterocycles. The molecule has 2 N–H and O–H groups in total. The lowest BCUT2D eigenvalue weighted by Gasteiger charge is -2.03. The molecule has 78 valence electrons. The largest absolute Gasteiger partial charge is 0.475 e. The SMILES string of the molecule is CC(C)CNCc1ncc(C(=O)O)o1. The second-order valence-electron chi connectivity index (χ2n) is 3.45. The van der Waals surface area contributed by atoms with Crippen molar-refractivity contribution in [3.8, 4) is 0 Å². The van der Waals surface area contributed by atoms with Crippen molar-refractivity contribution in [2.24, 2.45) is 5.92 Å². The number of carboxylic acids is 1. The van der Waals surface area contributed by atoms with Gasteiger partial charge in [0.05, 0.1) is 12.7 Å². The highest BCUT2D eigenvalue weighted by molar-refractivity contribution is 5.83. The molecule has 0 atom stereocenters. The van der Waals surface area contributed by atoms with Gasteiger partial charge in [-0.2, -0.15) is 0 Å². The highest BCUT2D eigenvalue weighted by Crippen LogP contribution is 2.03. The van der Waals surface area contributed by atoms with Crippen molar-refractivity contribution in [1.29, 1.82) is 0 Å². The summed E-state index contributed by atoms with van der Waals surface area (Å²) in [5.74, 6) is -0.258. The van der Waals surface area contributed by atoms with E-state index in [4.69, 9.17) is 9.52 Å². The zero-order valence-corrected chi connectivity index (χ0v) is 8.28. The lowest BCUT2D eigenvalue weighted by molar-refractivity contribution is 0.0660. The van der Waals surface area contributed by atoms with Gasteiger partial charge in [-0.05, 0) is 12.5 Å². The van der Waals surface area contributed by atoms with Crippen LogP contribution in [0.1, 0.15) is 30.3 Å². The Bertz CT molecular complexity index is 307. The van der Waals surface area contributed by atoms with Gasteiger partial charge >= 0.3 is 5.97 Å². The fraction of sp³-hybridized carbons (Fsp3) is 0.556. The van der Waals surface area contributed by atoms with Crippen LogP contribution in [0, 0.1) is 5.92 Å². The van der Waals surface area contributed by atoms with E-state index >= 15 is 0 Å². The van der Waals surface area contributed by atoms with Crippen LogP contribution in [-0.4, -0.2) is 22.6 Å². The Balaban J connectivity index is 2.40. The molecule has 0 fully saturated rings. The molecule has 14 heavy (non-hydrogen) atoms. The van der Waals surface area contributed by atoms with Gasteiger partial charge in [0.1, 0.15) is 0 Å². The van der Waals surface area contributed by atoms with Crippen molar-refractivity contribution in [3.05, 3.63) is 17.8 Å². The third-order valence-corrected chi connectivity index (χ3v) is 1.59. The predicted octanol–water partition coefficient (Wildman–Crippen LogP) is 1.12. The van der Waals surface area contributed by atoms with E-state index in [1.165, 1.54) is 6.20 Å². The molecule has 1 rings (SSSR count). The number of oxazole rings is 1. The van der Waals surface area contributed by atoms with E-state index in [0.717, 1.165) is 6.54 Å². The lowest BCUT2D eigenvalue weighted by Crippen LogP contribution is -2.19. The molecule has 5 heteroatoms. The minimum Gasteiger partial charge on any atom is -0.475 e. The van der Waals surface area contributed by atoms with Crippen LogP contribution in [0.5, 0.6) is 0 Å². The second kappa shape index (κ2) is 4.76. The number of aromatic carboxylic acids is 1. The molecule has 0 aromatic carbocycles. The van der Waals surface area contributed by atoms with Crippen molar-refractivity contribution in [2.75, 3.05) is 6.54 Å². The Morgan fingerprint density at radius 2 is 2.43 bits per heavy atom. The normalized spacial score (nSPS) is 10.8. The van der Waals surface area contributed by atoms with Gasteiger partial charge in [0.2, 0.25) is 11.7 Å². The highest BCUT2D eigenvalue weighted by atomic mass is 16.4. The van der Waals surface area contributed by atoms with E-state index in [0.29, 0.717) is 18.4 Å². The first kappa shape index (κ1) is 10.7. The number of hydrogen-bond donors (Lipinski definition) is 2. The monoisotopic (exact) mass is 198 g/mol. The maximum atomic E-state index is 10.4. The van der Waals surface area contributed by atoms with Gasteiger partial charge in [-0.3, -0.25) is 0 Å². The number of carboxylic acid groups (broad SMARTS) is 1. The van der Waals surface area contributed by atoms with Crippen molar-refractivity contribution in [1.82, 2.24) is 10.3 Å². The molecule has 0 unspecified atom stereocenters. The first-order chi connectivity index (χ1) is 6.59. The summed E-state index contributed by atoms with van der Waals surface area (Å²) in [6.45, 7) is 5.49. The van der Waals surface area contributed by atoms with Crippen LogP contribution in [-0.2, 0) is 6.54 Å². The number of rotatable bonds is 5. The number of nitrogens with zero attached hydrogens (tertiary/aromatic N) is 1. The fourth-order valence-electron chi connectivity index (χ4n) is 0.959. The van der Waals surface area contributed by atoms with Gasteiger partial charge < -0.3 is 14.8 Å².